The fourth-order valence-corrected chi connectivity index (χ4v) is 1.67. The second-order valence-electron chi connectivity index (χ2n) is 4.07. The summed E-state index contributed by atoms with van der Waals surface area (Å²) in [4.78, 5) is 8.55. The fourth-order valence-electron chi connectivity index (χ4n) is 1.49. The molecule has 2 rings (SSSR count). The average Bonchev–Trinajstić information content (AvgIpc) is 2.44. The Morgan fingerprint density at radius 3 is 2.84 bits per heavy atom. The summed E-state index contributed by atoms with van der Waals surface area (Å²) in [5, 5.41) is 3.83. The molecule has 1 N–H and O–H groups in total. The molecule has 0 atom stereocenters. The van der Waals surface area contributed by atoms with E-state index < -0.39 is 0 Å². The van der Waals surface area contributed by atoms with Crippen LogP contribution >= 0.6 is 11.6 Å². The molecule has 0 aliphatic carbocycles. The summed E-state index contributed by atoms with van der Waals surface area (Å²) in [5.41, 5.74) is 0.780. The molecule has 0 fully saturated rings. The minimum atomic E-state index is 0.376. The van der Waals surface area contributed by atoms with Crippen LogP contribution in [0.25, 0.3) is 0 Å². The highest BCUT2D eigenvalue weighted by Crippen LogP contribution is 2.18. The molecule has 0 bridgehead atoms. The van der Waals surface area contributed by atoms with E-state index in [-0.39, 0.29) is 0 Å². The van der Waals surface area contributed by atoms with Crippen molar-refractivity contribution in [3.63, 3.8) is 0 Å². The number of ether oxygens (including phenoxy) is 1. The Kier molecular flexibility index (Phi) is 4.98. The second-order valence-corrected chi connectivity index (χ2v) is 4.50. The summed E-state index contributed by atoms with van der Waals surface area (Å²) < 4.78 is 5.59. The monoisotopic (exact) mass is 277 g/mol. The average molecular weight is 278 g/mol. The Bertz CT molecular complexity index is 516. The maximum absolute atomic E-state index is 5.88. The van der Waals surface area contributed by atoms with Crippen molar-refractivity contribution in [3.8, 4) is 5.75 Å². The van der Waals surface area contributed by atoms with E-state index in [1.807, 2.05) is 18.2 Å². The lowest BCUT2D eigenvalue weighted by atomic mass is 10.3. The van der Waals surface area contributed by atoms with E-state index in [4.69, 9.17) is 16.3 Å². The van der Waals surface area contributed by atoms with E-state index >= 15 is 0 Å². The number of hydrogen-bond donors (Lipinski definition) is 1. The molecular formula is C14H16ClN3O. The van der Waals surface area contributed by atoms with Gasteiger partial charge in [0.1, 0.15) is 18.2 Å². The van der Waals surface area contributed by atoms with Gasteiger partial charge in [-0.1, -0.05) is 24.6 Å². The van der Waals surface area contributed by atoms with Gasteiger partial charge in [-0.05, 0) is 24.6 Å². The van der Waals surface area contributed by atoms with Gasteiger partial charge in [-0.2, -0.15) is 0 Å². The molecule has 100 valence electrons. The lowest BCUT2D eigenvalue weighted by Gasteiger charge is -2.07. The standard InChI is InChI=1S/C14H16ClN3O/c1-2-6-16-14-9-17-12(8-18-14)10-19-13-5-3-4-11(15)7-13/h3-5,7-9H,2,6,10H2,1H3,(H,16,18). The zero-order chi connectivity index (χ0) is 13.5. The Morgan fingerprint density at radius 2 is 2.16 bits per heavy atom. The lowest BCUT2D eigenvalue weighted by Crippen LogP contribution is -2.04. The number of halogens is 1. The van der Waals surface area contributed by atoms with Gasteiger partial charge in [-0.3, -0.25) is 4.98 Å². The number of benzene rings is 1. The maximum Gasteiger partial charge on any atom is 0.144 e. The maximum atomic E-state index is 5.88. The van der Waals surface area contributed by atoms with Crippen molar-refractivity contribution in [1.29, 1.82) is 0 Å². The molecule has 1 aromatic carbocycles. The van der Waals surface area contributed by atoms with Gasteiger partial charge >= 0.3 is 0 Å². The number of nitrogens with zero attached hydrogens (tertiary/aromatic N) is 2. The first-order valence-electron chi connectivity index (χ1n) is 6.21. The van der Waals surface area contributed by atoms with Gasteiger partial charge in [0.05, 0.1) is 18.1 Å². The molecule has 0 radical (unpaired) electrons. The molecule has 19 heavy (non-hydrogen) atoms. The van der Waals surface area contributed by atoms with Crippen LogP contribution < -0.4 is 10.1 Å². The van der Waals surface area contributed by atoms with Crippen LogP contribution in [0.2, 0.25) is 5.02 Å². The Balaban J connectivity index is 1.89. The summed E-state index contributed by atoms with van der Waals surface area (Å²) in [6.07, 6.45) is 4.48. The molecule has 1 heterocycles. The first kappa shape index (κ1) is 13.6. The number of hydrogen-bond acceptors (Lipinski definition) is 4. The van der Waals surface area contributed by atoms with E-state index in [1.54, 1.807) is 18.5 Å². The van der Waals surface area contributed by atoms with Gasteiger partial charge in [0.2, 0.25) is 0 Å². The van der Waals surface area contributed by atoms with Gasteiger partial charge in [-0.25, -0.2) is 4.98 Å². The third kappa shape index (κ3) is 4.41. The first-order chi connectivity index (χ1) is 9.28. The highest BCUT2D eigenvalue weighted by atomic mass is 35.5. The molecule has 0 unspecified atom stereocenters. The van der Waals surface area contributed by atoms with Crippen molar-refractivity contribution in [2.75, 3.05) is 11.9 Å². The predicted molar refractivity (Wildman–Crippen MR) is 76.6 cm³/mol. The first-order valence-corrected chi connectivity index (χ1v) is 6.59. The van der Waals surface area contributed by atoms with Crippen molar-refractivity contribution in [3.05, 3.63) is 47.4 Å². The summed E-state index contributed by atoms with van der Waals surface area (Å²) in [6, 6.07) is 7.28. The zero-order valence-electron chi connectivity index (χ0n) is 10.8. The van der Waals surface area contributed by atoms with Crippen LogP contribution in [0.1, 0.15) is 19.0 Å². The SMILES string of the molecule is CCCNc1cnc(COc2cccc(Cl)c2)cn1. The van der Waals surface area contributed by atoms with E-state index in [0.29, 0.717) is 11.6 Å². The van der Waals surface area contributed by atoms with Crippen LogP contribution in [0.3, 0.4) is 0 Å². The van der Waals surface area contributed by atoms with Gasteiger partial charge in [0.25, 0.3) is 0 Å². The zero-order valence-corrected chi connectivity index (χ0v) is 11.5. The van der Waals surface area contributed by atoms with Gasteiger partial charge < -0.3 is 10.1 Å². The van der Waals surface area contributed by atoms with Crippen LogP contribution in [0.4, 0.5) is 5.82 Å². The minimum absolute atomic E-state index is 0.376. The highest BCUT2D eigenvalue weighted by Gasteiger charge is 1.99. The fraction of sp³-hybridized carbons (Fsp3) is 0.286. The van der Waals surface area contributed by atoms with Crippen molar-refractivity contribution in [2.24, 2.45) is 0 Å². The van der Waals surface area contributed by atoms with Gasteiger partial charge in [-0.15, -0.1) is 0 Å². The van der Waals surface area contributed by atoms with Crippen LogP contribution in [0.15, 0.2) is 36.7 Å². The molecular weight excluding hydrogens is 262 g/mol. The summed E-state index contributed by atoms with van der Waals surface area (Å²) >= 11 is 5.88. The minimum Gasteiger partial charge on any atom is -0.487 e. The number of rotatable bonds is 6. The van der Waals surface area contributed by atoms with Crippen molar-refractivity contribution >= 4 is 17.4 Å². The summed E-state index contributed by atoms with van der Waals surface area (Å²) in [7, 11) is 0. The van der Waals surface area contributed by atoms with E-state index in [9.17, 15) is 0 Å². The van der Waals surface area contributed by atoms with E-state index in [1.165, 1.54) is 0 Å². The molecule has 0 amide bonds. The molecule has 1 aromatic heterocycles. The van der Waals surface area contributed by atoms with E-state index in [0.717, 1.165) is 30.2 Å². The normalized spacial score (nSPS) is 10.2. The van der Waals surface area contributed by atoms with Crippen LogP contribution in [-0.2, 0) is 6.61 Å². The topological polar surface area (TPSA) is 47.0 Å². The highest BCUT2D eigenvalue weighted by molar-refractivity contribution is 6.30. The second kappa shape index (κ2) is 6.95. The smallest absolute Gasteiger partial charge is 0.144 e. The Hall–Kier alpha value is -1.81. The molecule has 0 saturated carbocycles. The molecule has 2 aromatic rings. The lowest BCUT2D eigenvalue weighted by molar-refractivity contribution is 0.301. The predicted octanol–water partition coefficient (Wildman–Crippen LogP) is 3.53. The van der Waals surface area contributed by atoms with Gasteiger partial charge in [0, 0.05) is 11.6 Å². The Labute approximate surface area is 117 Å². The van der Waals surface area contributed by atoms with E-state index in [2.05, 4.69) is 22.2 Å². The summed E-state index contributed by atoms with van der Waals surface area (Å²) in [5.74, 6) is 1.51. The quantitative estimate of drug-likeness (QED) is 0.877. The van der Waals surface area contributed by atoms with Crippen molar-refractivity contribution < 1.29 is 4.74 Å². The Morgan fingerprint density at radius 1 is 1.26 bits per heavy atom. The van der Waals surface area contributed by atoms with Crippen molar-refractivity contribution in [1.82, 2.24) is 9.97 Å². The van der Waals surface area contributed by atoms with Crippen LogP contribution in [-0.4, -0.2) is 16.5 Å². The summed E-state index contributed by atoms with van der Waals surface area (Å²) in [6.45, 7) is 3.38. The number of nitrogens with one attached hydrogen (secondary N) is 1. The van der Waals surface area contributed by atoms with Gasteiger partial charge in [0.15, 0.2) is 0 Å². The third-order valence-electron chi connectivity index (χ3n) is 2.44. The molecule has 5 heteroatoms. The van der Waals surface area contributed by atoms with Crippen LogP contribution in [0.5, 0.6) is 5.75 Å². The molecule has 0 spiro atoms. The number of aromatic nitrogens is 2. The molecule has 0 aliphatic heterocycles. The molecule has 0 saturated heterocycles. The third-order valence-corrected chi connectivity index (χ3v) is 2.68. The number of anilines is 1. The van der Waals surface area contributed by atoms with Crippen LogP contribution in [0, 0.1) is 0 Å². The van der Waals surface area contributed by atoms with Crippen molar-refractivity contribution in [2.45, 2.75) is 20.0 Å². The molecule has 0 aliphatic rings. The molecule has 4 nitrogen and oxygen atoms in total. The largest absolute Gasteiger partial charge is 0.487 e.